The molecule has 2 rings (SSSR count). The van der Waals surface area contributed by atoms with E-state index in [1.807, 2.05) is 18.2 Å². The second-order valence-corrected chi connectivity index (χ2v) is 7.20. The van der Waals surface area contributed by atoms with E-state index in [2.05, 4.69) is 47.0 Å². The smallest absolute Gasteiger partial charge is 0.261 e. The summed E-state index contributed by atoms with van der Waals surface area (Å²) >= 11 is 3.40. The Balaban J connectivity index is 2.00. The molecule has 0 aliphatic heterocycles. The molecule has 0 radical (unpaired) electrons. The molecule has 0 unspecified atom stereocenters. The van der Waals surface area contributed by atoms with Crippen molar-refractivity contribution >= 4 is 26.8 Å². The van der Waals surface area contributed by atoms with Crippen molar-refractivity contribution in [2.24, 2.45) is 0 Å². The minimum atomic E-state index is 0.0325. The molecule has 0 atom stereocenters. The Hall–Kier alpha value is -1.20. The molecule has 0 saturated heterocycles. The maximum atomic E-state index is 12.4. The van der Waals surface area contributed by atoms with Crippen molar-refractivity contribution in [2.45, 2.75) is 45.7 Å². The largest absolute Gasteiger partial charge is 0.312 e. The minimum absolute atomic E-state index is 0.0325. The monoisotopic (exact) mass is 351 g/mol. The summed E-state index contributed by atoms with van der Waals surface area (Å²) in [5.41, 5.74) is 0.923. The highest BCUT2D eigenvalue weighted by Gasteiger charge is 2.08. The second-order valence-electron chi connectivity index (χ2n) is 6.29. The Morgan fingerprint density at radius 1 is 1.29 bits per heavy atom. The molecule has 5 heteroatoms. The van der Waals surface area contributed by atoms with Gasteiger partial charge in [-0.3, -0.25) is 9.36 Å². The Bertz CT molecular complexity index is 673. The molecule has 1 N–H and O–H groups in total. The van der Waals surface area contributed by atoms with Crippen LogP contribution >= 0.6 is 15.9 Å². The van der Waals surface area contributed by atoms with Gasteiger partial charge in [0.15, 0.2) is 0 Å². The first kappa shape index (κ1) is 16.2. The first-order valence-corrected chi connectivity index (χ1v) is 8.06. The van der Waals surface area contributed by atoms with Crippen LogP contribution in [0.3, 0.4) is 0 Å². The van der Waals surface area contributed by atoms with E-state index in [0.29, 0.717) is 11.9 Å². The zero-order chi connectivity index (χ0) is 15.5. The van der Waals surface area contributed by atoms with Crippen LogP contribution in [0.5, 0.6) is 0 Å². The second kappa shape index (κ2) is 6.71. The van der Waals surface area contributed by atoms with E-state index in [4.69, 9.17) is 0 Å². The number of benzene rings is 1. The summed E-state index contributed by atoms with van der Waals surface area (Å²) in [6, 6.07) is 5.60. The van der Waals surface area contributed by atoms with Crippen molar-refractivity contribution in [3.05, 3.63) is 39.4 Å². The first-order chi connectivity index (χ1) is 9.87. The molecule has 0 spiro atoms. The van der Waals surface area contributed by atoms with Gasteiger partial charge in [-0.25, -0.2) is 4.98 Å². The quantitative estimate of drug-likeness (QED) is 0.840. The van der Waals surface area contributed by atoms with Gasteiger partial charge in [0.2, 0.25) is 0 Å². The van der Waals surface area contributed by atoms with E-state index in [0.717, 1.165) is 29.4 Å². The Labute approximate surface area is 133 Å². The predicted molar refractivity (Wildman–Crippen MR) is 90.7 cm³/mol. The lowest BCUT2D eigenvalue weighted by Gasteiger charge is -2.20. The van der Waals surface area contributed by atoms with E-state index in [9.17, 15) is 4.79 Å². The highest BCUT2D eigenvalue weighted by Crippen LogP contribution is 2.14. The van der Waals surface area contributed by atoms with Crippen molar-refractivity contribution in [1.29, 1.82) is 0 Å². The molecule has 0 aliphatic carbocycles. The van der Waals surface area contributed by atoms with Crippen LogP contribution in [0.25, 0.3) is 10.9 Å². The summed E-state index contributed by atoms with van der Waals surface area (Å²) in [4.78, 5) is 16.7. The van der Waals surface area contributed by atoms with Crippen LogP contribution in [-0.2, 0) is 6.54 Å². The summed E-state index contributed by atoms with van der Waals surface area (Å²) in [5.74, 6) is 0. The zero-order valence-electron chi connectivity index (χ0n) is 12.8. The van der Waals surface area contributed by atoms with Crippen LogP contribution in [0.1, 0.15) is 33.6 Å². The number of nitrogens with one attached hydrogen (secondary N) is 1. The lowest BCUT2D eigenvalue weighted by Crippen LogP contribution is -2.36. The lowest BCUT2D eigenvalue weighted by molar-refractivity contribution is 0.413. The van der Waals surface area contributed by atoms with E-state index < -0.39 is 0 Å². The van der Waals surface area contributed by atoms with Crippen LogP contribution in [0.2, 0.25) is 0 Å². The summed E-state index contributed by atoms with van der Waals surface area (Å²) in [6.45, 7) is 8.14. The van der Waals surface area contributed by atoms with Crippen LogP contribution in [0, 0.1) is 0 Å². The normalized spacial score (nSPS) is 12.0. The van der Waals surface area contributed by atoms with Gasteiger partial charge in [-0.2, -0.15) is 0 Å². The molecule has 4 nitrogen and oxygen atoms in total. The van der Waals surface area contributed by atoms with Crippen LogP contribution in [0.15, 0.2) is 33.8 Å². The van der Waals surface area contributed by atoms with Gasteiger partial charge in [-0.1, -0.05) is 15.9 Å². The number of aryl methyl sites for hydroxylation is 1. The molecule has 0 saturated carbocycles. The third-order valence-electron chi connectivity index (χ3n) is 3.27. The standard InChI is InChI=1S/C16H22BrN3O/c1-16(2,3)19-8-4-5-9-20-11-18-14-7-6-12(17)10-13(14)15(20)21/h6-7,10-11,19H,4-5,8-9H2,1-3H3. The number of aromatic nitrogens is 2. The molecule has 0 aliphatic rings. The van der Waals surface area contributed by atoms with Crippen molar-refractivity contribution in [3.63, 3.8) is 0 Å². The Morgan fingerprint density at radius 2 is 2.05 bits per heavy atom. The van der Waals surface area contributed by atoms with Crippen molar-refractivity contribution < 1.29 is 0 Å². The van der Waals surface area contributed by atoms with Gasteiger partial charge < -0.3 is 5.32 Å². The fraction of sp³-hybridized carbons (Fsp3) is 0.500. The summed E-state index contributed by atoms with van der Waals surface area (Å²) in [7, 11) is 0. The first-order valence-electron chi connectivity index (χ1n) is 7.26. The highest BCUT2D eigenvalue weighted by atomic mass is 79.9. The SMILES string of the molecule is CC(C)(C)NCCCCn1cnc2ccc(Br)cc2c1=O. The predicted octanol–water partition coefficient (Wildman–Crippen LogP) is 3.33. The van der Waals surface area contributed by atoms with Crippen LogP contribution in [0.4, 0.5) is 0 Å². The molecule has 0 amide bonds. The minimum Gasteiger partial charge on any atom is -0.312 e. The number of fused-ring (bicyclic) bond motifs is 1. The van der Waals surface area contributed by atoms with E-state index in [-0.39, 0.29) is 11.1 Å². The number of rotatable bonds is 5. The Morgan fingerprint density at radius 3 is 2.76 bits per heavy atom. The third-order valence-corrected chi connectivity index (χ3v) is 3.76. The van der Waals surface area contributed by atoms with Gasteiger partial charge >= 0.3 is 0 Å². The average molecular weight is 352 g/mol. The van der Waals surface area contributed by atoms with Gasteiger partial charge in [0, 0.05) is 16.6 Å². The maximum absolute atomic E-state index is 12.4. The number of halogens is 1. The molecular weight excluding hydrogens is 330 g/mol. The highest BCUT2D eigenvalue weighted by molar-refractivity contribution is 9.10. The maximum Gasteiger partial charge on any atom is 0.261 e. The fourth-order valence-electron chi connectivity index (χ4n) is 2.16. The number of nitrogens with zero attached hydrogens (tertiary/aromatic N) is 2. The number of hydrogen-bond donors (Lipinski definition) is 1. The van der Waals surface area contributed by atoms with Crippen molar-refractivity contribution in [1.82, 2.24) is 14.9 Å². The number of unbranched alkanes of at least 4 members (excludes halogenated alkanes) is 1. The van der Waals surface area contributed by atoms with Crippen molar-refractivity contribution in [2.75, 3.05) is 6.54 Å². The molecular formula is C16H22BrN3O. The van der Waals surface area contributed by atoms with Gasteiger partial charge in [0.05, 0.1) is 17.2 Å². The molecule has 0 bridgehead atoms. The van der Waals surface area contributed by atoms with Gasteiger partial charge in [-0.05, 0) is 58.4 Å². The molecule has 21 heavy (non-hydrogen) atoms. The van der Waals surface area contributed by atoms with Gasteiger partial charge in [-0.15, -0.1) is 0 Å². The summed E-state index contributed by atoms with van der Waals surface area (Å²) in [5, 5.41) is 4.12. The van der Waals surface area contributed by atoms with Crippen LogP contribution < -0.4 is 10.9 Å². The molecule has 114 valence electrons. The van der Waals surface area contributed by atoms with Gasteiger partial charge in [0.25, 0.3) is 5.56 Å². The van der Waals surface area contributed by atoms with E-state index >= 15 is 0 Å². The molecule has 1 aromatic carbocycles. The summed E-state index contributed by atoms with van der Waals surface area (Å²) < 4.78 is 2.60. The lowest BCUT2D eigenvalue weighted by atomic mass is 10.1. The fourth-order valence-corrected chi connectivity index (χ4v) is 2.52. The Kier molecular flexibility index (Phi) is 5.17. The molecule has 0 fully saturated rings. The third kappa shape index (κ3) is 4.64. The average Bonchev–Trinajstić information content (AvgIpc) is 2.40. The van der Waals surface area contributed by atoms with Crippen LogP contribution in [-0.4, -0.2) is 21.6 Å². The summed E-state index contributed by atoms with van der Waals surface area (Å²) in [6.07, 6.45) is 3.65. The van der Waals surface area contributed by atoms with E-state index in [1.165, 1.54) is 0 Å². The topological polar surface area (TPSA) is 46.9 Å². The zero-order valence-corrected chi connectivity index (χ0v) is 14.4. The van der Waals surface area contributed by atoms with Gasteiger partial charge in [0.1, 0.15) is 0 Å². The van der Waals surface area contributed by atoms with E-state index in [1.54, 1.807) is 10.9 Å². The molecule has 1 aromatic heterocycles. The molecule has 1 heterocycles. The number of hydrogen-bond acceptors (Lipinski definition) is 3. The van der Waals surface area contributed by atoms with Crippen molar-refractivity contribution in [3.8, 4) is 0 Å². The molecule has 2 aromatic rings.